The van der Waals surface area contributed by atoms with Crippen molar-refractivity contribution in [3.05, 3.63) is 34.8 Å². The molecule has 0 heterocycles. The van der Waals surface area contributed by atoms with Crippen LogP contribution >= 0.6 is 0 Å². The van der Waals surface area contributed by atoms with E-state index in [0.717, 1.165) is 31.3 Å². The van der Waals surface area contributed by atoms with E-state index in [2.05, 4.69) is 39.5 Å². The molecule has 0 bridgehead atoms. The van der Waals surface area contributed by atoms with Crippen molar-refractivity contribution in [2.45, 2.75) is 93.4 Å². The van der Waals surface area contributed by atoms with E-state index in [1.807, 2.05) is 26.0 Å². The summed E-state index contributed by atoms with van der Waals surface area (Å²) in [7, 11) is 0. The zero-order valence-corrected chi connectivity index (χ0v) is 23.0. The summed E-state index contributed by atoms with van der Waals surface area (Å²) in [5.74, 6) is -1.24. The maximum absolute atomic E-state index is 14.2. The number of carbonyl (C=O) groups is 3. The second-order valence-corrected chi connectivity index (χ2v) is 14.7. The molecule has 3 fully saturated rings. The lowest BCUT2D eigenvalue weighted by Gasteiger charge is -2.68. The van der Waals surface area contributed by atoms with Crippen LogP contribution in [0.4, 0.5) is 0 Å². The number of hydrogen-bond acceptors (Lipinski definition) is 3. The lowest BCUT2D eigenvalue weighted by Crippen LogP contribution is -2.65. The van der Waals surface area contributed by atoms with Gasteiger partial charge in [0.25, 0.3) is 0 Å². The van der Waals surface area contributed by atoms with Gasteiger partial charge in [-0.15, -0.1) is 0 Å². The first kappa shape index (κ1) is 25.4. The highest BCUT2D eigenvalue weighted by Gasteiger charge is 2.70. The van der Waals surface area contributed by atoms with Crippen LogP contribution in [0.3, 0.4) is 0 Å². The number of nitrogens with zero attached hydrogens (tertiary/aromatic N) is 1. The summed E-state index contributed by atoms with van der Waals surface area (Å²) in [5, 5.41) is 10.5. The fourth-order valence-electron chi connectivity index (χ4n) is 9.97. The largest absolute Gasteiger partial charge is 0.481 e. The van der Waals surface area contributed by atoms with E-state index in [4.69, 9.17) is 6.57 Å². The molecule has 194 valence electrons. The van der Waals surface area contributed by atoms with Crippen LogP contribution in [0.25, 0.3) is 4.85 Å². The van der Waals surface area contributed by atoms with Crippen molar-refractivity contribution in [1.29, 1.82) is 0 Å². The highest BCUT2D eigenvalue weighted by Crippen LogP contribution is 2.74. The van der Waals surface area contributed by atoms with Gasteiger partial charge in [0.1, 0.15) is 0 Å². The van der Waals surface area contributed by atoms with Crippen molar-refractivity contribution in [3.8, 4) is 0 Å². The molecule has 0 amide bonds. The van der Waals surface area contributed by atoms with Gasteiger partial charge in [-0.3, -0.25) is 9.59 Å². The maximum Gasteiger partial charge on any atom is 0.309 e. The van der Waals surface area contributed by atoms with Gasteiger partial charge < -0.3 is 9.90 Å². The Bertz CT molecular complexity index is 1180. The van der Waals surface area contributed by atoms with Gasteiger partial charge in [0.15, 0.2) is 11.6 Å². The number of allylic oxidation sites excluding steroid dienone is 4. The quantitative estimate of drug-likeness (QED) is 0.417. The SMILES string of the molecule is [C-]#[N+]C1=C[C@]2(C)C3=CC(=O)C4[C@@H]5CC(C)(C)CC[C@]5(C(=O)O)CC[C@@]4(C)[C@]3(C)CC[C@H]2C(C)(C)C1=O. The Morgan fingerprint density at radius 2 is 1.64 bits per heavy atom. The third-order valence-corrected chi connectivity index (χ3v) is 12.3. The Hall–Kier alpha value is -2.22. The van der Waals surface area contributed by atoms with Crippen LogP contribution in [0, 0.1) is 56.8 Å². The molecule has 5 aliphatic carbocycles. The van der Waals surface area contributed by atoms with Gasteiger partial charge in [0, 0.05) is 16.7 Å². The smallest absolute Gasteiger partial charge is 0.309 e. The fourth-order valence-corrected chi connectivity index (χ4v) is 9.97. The molecule has 5 heteroatoms. The van der Waals surface area contributed by atoms with E-state index in [1.165, 1.54) is 0 Å². The number of fused-ring (bicyclic) bond motifs is 7. The zero-order valence-electron chi connectivity index (χ0n) is 23.0. The number of hydrogen-bond donors (Lipinski definition) is 1. The Balaban J connectivity index is 1.71. The van der Waals surface area contributed by atoms with Gasteiger partial charge in [0.05, 0.1) is 12.0 Å². The first-order valence-corrected chi connectivity index (χ1v) is 13.7. The molecule has 5 nitrogen and oxygen atoms in total. The predicted molar refractivity (Wildman–Crippen MR) is 138 cm³/mol. The van der Waals surface area contributed by atoms with Crippen LogP contribution in [-0.2, 0) is 14.4 Å². The number of ketones is 2. The molecule has 0 saturated heterocycles. The molecule has 0 aromatic heterocycles. The Morgan fingerprint density at radius 3 is 2.25 bits per heavy atom. The third kappa shape index (κ3) is 2.85. The Labute approximate surface area is 215 Å². The molecular formula is C31H41NO4. The average Bonchev–Trinajstić information content (AvgIpc) is 2.77. The zero-order chi connectivity index (χ0) is 26.7. The fraction of sp³-hybridized carbons (Fsp3) is 0.742. The molecule has 0 aliphatic heterocycles. The highest BCUT2D eigenvalue weighted by atomic mass is 16.4. The van der Waals surface area contributed by atoms with E-state index in [0.29, 0.717) is 19.3 Å². The maximum atomic E-state index is 14.2. The van der Waals surface area contributed by atoms with Crippen LogP contribution < -0.4 is 0 Å². The van der Waals surface area contributed by atoms with Crippen LogP contribution in [0.5, 0.6) is 0 Å². The van der Waals surface area contributed by atoms with E-state index in [-0.39, 0.29) is 51.3 Å². The molecule has 1 N–H and O–H groups in total. The van der Waals surface area contributed by atoms with Gasteiger partial charge in [-0.25, -0.2) is 4.85 Å². The van der Waals surface area contributed by atoms with Crippen molar-refractivity contribution >= 4 is 17.5 Å². The predicted octanol–water partition coefficient (Wildman–Crippen LogP) is 6.64. The summed E-state index contributed by atoms with van der Waals surface area (Å²) < 4.78 is 0. The lowest BCUT2D eigenvalue weighted by molar-refractivity contribution is -0.188. The number of carboxylic acid groups (broad SMARTS) is 1. The first-order valence-electron chi connectivity index (χ1n) is 13.7. The summed E-state index contributed by atoms with van der Waals surface area (Å²) in [4.78, 5) is 43.8. The average molecular weight is 492 g/mol. The molecule has 0 aromatic carbocycles. The van der Waals surface area contributed by atoms with Gasteiger partial charge in [0.2, 0.25) is 5.70 Å². The first-order chi connectivity index (χ1) is 16.5. The minimum Gasteiger partial charge on any atom is -0.481 e. The summed E-state index contributed by atoms with van der Waals surface area (Å²) in [6, 6.07) is 0. The van der Waals surface area contributed by atoms with Crippen molar-refractivity contribution < 1.29 is 19.5 Å². The second kappa shape index (κ2) is 7.21. The molecule has 0 aromatic rings. The third-order valence-electron chi connectivity index (χ3n) is 12.3. The number of rotatable bonds is 1. The summed E-state index contributed by atoms with van der Waals surface area (Å²) in [5.41, 5.74) is -1.46. The van der Waals surface area contributed by atoms with Gasteiger partial charge in [-0.1, -0.05) is 60.1 Å². The monoisotopic (exact) mass is 491 g/mol. The summed E-state index contributed by atoms with van der Waals surface area (Å²) in [6.07, 6.45) is 9.03. The van der Waals surface area contributed by atoms with E-state index in [1.54, 1.807) is 0 Å². The topological polar surface area (TPSA) is 75.8 Å². The summed E-state index contributed by atoms with van der Waals surface area (Å²) in [6.45, 7) is 22.7. The van der Waals surface area contributed by atoms with Gasteiger partial charge in [-0.05, 0) is 79.1 Å². The molecule has 1 unspecified atom stereocenters. The molecule has 0 radical (unpaired) electrons. The minimum absolute atomic E-state index is 0.0116. The molecule has 36 heavy (non-hydrogen) atoms. The van der Waals surface area contributed by atoms with Crippen molar-refractivity contribution in [2.75, 3.05) is 0 Å². The standard InChI is InChI=1S/C31H41NO4/c1-26(2)11-13-31(25(35)36)14-12-30(7)23(18(31)16-26)20(33)15-22-28(5)17-19(32-8)24(34)27(3,4)21(28)9-10-29(22,30)6/h15,17-18,21,23H,9-14,16H2,1-7H3,(H,35,36)/t18-,21-,23?,28-,29+,30+,31-/m0/s1. The van der Waals surface area contributed by atoms with E-state index >= 15 is 0 Å². The number of aliphatic carboxylic acids is 1. The van der Waals surface area contributed by atoms with Crippen molar-refractivity contribution in [3.63, 3.8) is 0 Å². The molecular weight excluding hydrogens is 450 g/mol. The lowest BCUT2D eigenvalue weighted by atomic mass is 9.34. The second-order valence-electron chi connectivity index (χ2n) is 14.7. The molecule has 3 saturated carbocycles. The van der Waals surface area contributed by atoms with Crippen LogP contribution in [-0.4, -0.2) is 22.6 Å². The van der Waals surface area contributed by atoms with E-state index in [9.17, 15) is 19.5 Å². The summed E-state index contributed by atoms with van der Waals surface area (Å²) >= 11 is 0. The van der Waals surface area contributed by atoms with Crippen molar-refractivity contribution in [2.24, 2.45) is 50.2 Å². The molecule has 5 rings (SSSR count). The Kier molecular flexibility index (Phi) is 5.09. The minimum atomic E-state index is -0.825. The van der Waals surface area contributed by atoms with Crippen LogP contribution in [0.1, 0.15) is 93.4 Å². The normalized spacial score (nSPS) is 46.7. The van der Waals surface area contributed by atoms with Crippen LogP contribution in [0.15, 0.2) is 23.4 Å². The van der Waals surface area contributed by atoms with Crippen LogP contribution in [0.2, 0.25) is 0 Å². The van der Waals surface area contributed by atoms with Crippen molar-refractivity contribution in [1.82, 2.24) is 0 Å². The number of Topliss-reactive ketones (excluding diaryl/α,β-unsaturated/α-hetero) is 1. The number of carboxylic acids is 1. The molecule has 7 atom stereocenters. The Morgan fingerprint density at radius 1 is 1.00 bits per heavy atom. The van der Waals surface area contributed by atoms with Gasteiger partial charge in [-0.2, -0.15) is 0 Å². The number of carbonyl (C=O) groups excluding carboxylic acids is 2. The van der Waals surface area contributed by atoms with E-state index < -0.39 is 22.2 Å². The molecule has 5 aliphatic rings. The van der Waals surface area contributed by atoms with Gasteiger partial charge >= 0.3 is 5.97 Å². The highest BCUT2D eigenvalue weighted by molar-refractivity contribution is 6.03. The molecule has 0 spiro atoms.